The van der Waals surface area contributed by atoms with Crippen LogP contribution in [-0.4, -0.2) is 33.8 Å². The van der Waals surface area contributed by atoms with Crippen molar-refractivity contribution in [2.45, 2.75) is 18.9 Å². The van der Waals surface area contributed by atoms with E-state index in [1.54, 1.807) is 0 Å². The average Bonchev–Trinajstić information content (AvgIpc) is 2.32. The third-order valence-electron chi connectivity index (χ3n) is 1.66. The highest BCUT2D eigenvalue weighted by atomic mass is 32.2. The van der Waals surface area contributed by atoms with Crippen LogP contribution in [0.25, 0.3) is 0 Å². The van der Waals surface area contributed by atoms with E-state index in [0.717, 1.165) is 19.4 Å². The number of sulfonamides is 1. The summed E-state index contributed by atoms with van der Waals surface area (Å²) >= 11 is 0. The van der Waals surface area contributed by atoms with Crippen LogP contribution in [0.5, 0.6) is 0 Å². The molecule has 0 bridgehead atoms. The van der Waals surface area contributed by atoms with E-state index < -0.39 is 10.0 Å². The van der Waals surface area contributed by atoms with Crippen LogP contribution < -0.4 is 10.0 Å². The Balaban J connectivity index is 2.22. The quantitative estimate of drug-likeness (QED) is 0.620. The standard InChI is InChI=1S/C6H13N2O2S/c1-11(9,10)8-5-6-3-2-4-7-6/h6,8H,2-5H2,1H3. The van der Waals surface area contributed by atoms with Gasteiger partial charge in [0.15, 0.2) is 0 Å². The second kappa shape index (κ2) is 3.51. The summed E-state index contributed by atoms with van der Waals surface area (Å²) in [7, 11) is -3.02. The van der Waals surface area contributed by atoms with Crippen molar-refractivity contribution in [2.75, 3.05) is 19.3 Å². The number of nitrogens with zero attached hydrogens (tertiary/aromatic N) is 1. The maximum absolute atomic E-state index is 10.6. The molecule has 0 aromatic heterocycles. The molecule has 0 spiro atoms. The summed E-state index contributed by atoms with van der Waals surface area (Å²) < 4.78 is 23.7. The van der Waals surface area contributed by atoms with Crippen LogP contribution in [0.4, 0.5) is 0 Å². The molecule has 1 rings (SSSR count). The van der Waals surface area contributed by atoms with E-state index in [4.69, 9.17) is 0 Å². The molecular formula is C6H13N2O2S. The van der Waals surface area contributed by atoms with Crippen LogP contribution in [0, 0.1) is 0 Å². The van der Waals surface area contributed by atoms with Crippen molar-refractivity contribution in [3.8, 4) is 0 Å². The molecule has 0 aliphatic carbocycles. The van der Waals surface area contributed by atoms with E-state index in [-0.39, 0.29) is 6.04 Å². The summed E-state index contributed by atoms with van der Waals surface area (Å²) in [6, 6.07) is 0.213. The van der Waals surface area contributed by atoms with Crippen LogP contribution in [0.15, 0.2) is 0 Å². The Hall–Kier alpha value is -0.130. The summed E-state index contributed by atoms with van der Waals surface area (Å²) in [5.41, 5.74) is 0. The Morgan fingerprint density at radius 3 is 2.82 bits per heavy atom. The summed E-state index contributed by atoms with van der Waals surface area (Å²) in [6.45, 7) is 1.36. The lowest BCUT2D eigenvalue weighted by Crippen LogP contribution is -2.33. The number of nitrogens with one attached hydrogen (secondary N) is 1. The van der Waals surface area contributed by atoms with Gasteiger partial charge in [-0.15, -0.1) is 0 Å². The molecule has 1 saturated heterocycles. The Labute approximate surface area is 67.4 Å². The molecule has 1 N–H and O–H groups in total. The molecule has 1 aliphatic rings. The smallest absolute Gasteiger partial charge is 0.208 e. The lowest BCUT2D eigenvalue weighted by molar-refractivity contribution is 0.552. The molecule has 0 aromatic rings. The number of hydrogen-bond donors (Lipinski definition) is 1. The molecule has 11 heavy (non-hydrogen) atoms. The van der Waals surface area contributed by atoms with Crippen molar-refractivity contribution in [1.82, 2.24) is 10.0 Å². The minimum atomic E-state index is -3.02. The van der Waals surface area contributed by atoms with Crippen LogP contribution in [-0.2, 0) is 10.0 Å². The summed E-state index contributed by atoms with van der Waals surface area (Å²) in [4.78, 5) is 0. The topological polar surface area (TPSA) is 60.3 Å². The molecule has 5 heteroatoms. The first-order chi connectivity index (χ1) is 5.08. The molecule has 1 unspecified atom stereocenters. The van der Waals surface area contributed by atoms with E-state index in [0.29, 0.717) is 6.54 Å². The van der Waals surface area contributed by atoms with Crippen molar-refractivity contribution >= 4 is 10.0 Å². The van der Waals surface area contributed by atoms with Crippen molar-refractivity contribution < 1.29 is 8.42 Å². The molecular weight excluding hydrogens is 164 g/mol. The van der Waals surface area contributed by atoms with E-state index in [9.17, 15) is 8.42 Å². The molecule has 0 aromatic carbocycles. The number of hydrogen-bond acceptors (Lipinski definition) is 2. The van der Waals surface area contributed by atoms with Gasteiger partial charge in [0, 0.05) is 19.1 Å². The molecule has 0 saturated carbocycles. The van der Waals surface area contributed by atoms with E-state index >= 15 is 0 Å². The van der Waals surface area contributed by atoms with E-state index in [2.05, 4.69) is 10.0 Å². The fourth-order valence-electron chi connectivity index (χ4n) is 1.11. The van der Waals surface area contributed by atoms with E-state index in [1.807, 2.05) is 0 Å². The predicted octanol–water partition coefficient (Wildman–Crippen LogP) is -0.698. The van der Waals surface area contributed by atoms with Crippen molar-refractivity contribution in [2.24, 2.45) is 0 Å². The van der Waals surface area contributed by atoms with Gasteiger partial charge < -0.3 is 0 Å². The van der Waals surface area contributed by atoms with E-state index in [1.165, 1.54) is 6.26 Å². The highest BCUT2D eigenvalue weighted by Gasteiger charge is 2.16. The zero-order valence-electron chi connectivity index (χ0n) is 6.58. The molecule has 1 atom stereocenters. The molecule has 4 nitrogen and oxygen atoms in total. The Morgan fingerprint density at radius 2 is 2.36 bits per heavy atom. The van der Waals surface area contributed by atoms with Crippen LogP contribution in [0.2, 0.25) is 0 Å². The van der Waals surface area contributed by atoms with Gasteiger partial charge in [-0.25, -0.2) is 18.5 Å². The minimum absolute atomic E-state index is 0.213. The second-order valence-corrected chi connectivity index (χ2v) is 4.66. The largest absolute Gasteiger partial charge is 0.237 e. The minimum Gasteiger partial charge on any atom is -0.237 e. The fourth-order valence-corrected chi connectivity index (χ4v) is 1.60. The zero-order chi connectivity index (χ0) is 8.32. The molecule has 0 amide bonds. The van der Waals surface area contributed by atoms with Gasteiger partial charge in [0.05, 0.1) is 6.26 Å². The molecule has 1 aliphatic heterocycles. The highest BCUT2D eigenvalue weighted by molar-refractivity contribution is 7.88. The van der Waals surface area contributed by atoms with Crippen LogP contribution in [0.1, 0.15) is 12.8 Å². The first-order valence-electron chi connectivity index (χ1n) is 3.69. The second-order valence-electron chi connectivity index (χ2n) is 2.82. The maximum Gasteiger partial charge on any atom is 0.208 e. The third-order valence-corrected chi connectivity index (χ3v) is 2.35. The van der Waals surface area contributed by atoms with Crippen molar-refractivity contribution in [3.05, 3.63) is 0 Å². The van der Waals surface area contributed by atoms with Gasteiger partial charge in [-0.3, -0.25) is 0 Å². The van der Waals surface area contributed by atoms with Gasteiger partial charge in [0.1, 0.15) is 0 Å². The van der Waals surface area contributed by atoms with Crippen molar-refractivity contribution in [1.29, 1.82) is 0 Å². The average molecular weight is 177 g/mol. The maximum atomic E-state index is 10.6. The molecule has 1 heterocycles. The van der Waals surface area contributed by atoms with Gasteiger partial charge in [-0.05, 0) is 12.8 Å². The molecule has 65 valence electrons. The summed E-state index contributed by atoms with van der Waals surface area (Å²) in [5.74, 6) is 0. The Bertz CT molecular complexity index is 207. The monoisotopic (exact) mass is 177 g/mol. The fraction of sp³-hybridized carbons (Fsp3) is 1.00. The summed E-state index contributed by atoms with van der Waals surface area (Å²) in [5, 5.41) is 4.21. The molecule has 1 fully saturated rings. The predicted molar refractivity (Wildman–Crippen MR) is 42.9 cm³/mol. The first kappa shape index (κ1) is 8.96. The Morgan fingerprint density at radius 1 is 1.64 bits per heavy atom. The van der Waals surface area contributed by atoms with Gasteiger partial charge >= 0.3 is 0 Å². The van der Waals surface area contributed by atoms with Gasteiger partial charge in [0.2, 0.25) is 10.0 Å². The van der Waals surface area contributed by atoms with Crippen LogP contribution >= 0.6 is 0 Å². The lowest BCUT2D eigenvalue weighted by Gasteiger charge is -2.07. The number of rotatable bonds is 3. The third kappa shape index (κ3) is 3.69. The summed E-state index contributed by atoms with van der Waals surface area (Å²) in [6.07, 6.45) is 3.28. The first-order valence-corrected chi connectivity index (χ1v) is 5.58. The highest BCUT2D eigenvalue weighted by Crippen LogP contribution is 2.05. The lowest BCUT2D eigenvalue weighted by atomic mass is 10.2. The zero-order valence-corrected chi connectivity index (χ0v) is 7.39. The van der Waals surface area contributed by atoms with Crippen LogP contribution in [0.3, 0.4) is 0 Å². The van der Waals surface area contributed by atoms with Gasteiger partial charge in [-0.2, -0.15) is 0 Å². The van der Waals surface area contributed by atoms with Crippen molar-refractivity contribution in [3.63, 3.8) is 0 Å². The van der Waals surface area contributed by atoms with Gasteiger partial charge in [0.25, 0.3) is 0 Å². The molecule has 1 radical (unpaired) electrons. The Kier molecular flexibility index (Phi) is 2.86. The van der Waals surface area contributed by atoms with Gasteiger partial charge in [-0.1, -0.05) is 0 Å². The SMILES string of the molecule is CS(=O)(=O)NCC1CCC[N]1. The normalized spacial score (nSPS) is 25.7.